The first-order valence-electron chi connectivity index (χ1n) is 8.25. The van der Waals surface area contributed by atoms with E-state index in [1.165, 1.54) is 6.07 Å². The van der Waals surface area contributed by atoms with E-state index in [1.807, 2.05) is 31.2 Å². The summed E-state index contributed by atoms with van der Waals surface area (Å²) in [6, 6.07) is 11.0. The van der Waals surface area contributed by atoms with Gasteiger partial charge in [0, 0.05) is 25.2 Å². The van der Waals surface area contributed by atoms with Gasteiger partial charge >= 0.3 is 0 Å². The lowest BCUT2D eigenvalue weighted by Crippen LogP contribution is -2.41. The average Bonchev–Trinajstić information content (AvgIpc) is 3.38. The normalized spacial score (nSPS) is 15.9. The number of halogens is 1. The highest BCUT2D eigenvalue weighted by atomic mass is 19.1. The molecule has 0 saturated heterocycles. The summed E-state index contributed by atoms with van der Waals surface area (Å²) in [7, 11) is 1.74. The van der Waals surface area contributed by atoms with E-state index in [0.29, 0.717) is 19.0 Å². The summed E-state index contributed by atoms with van der Waals surface area (Å²) in [5.74, 6) is 0.589. The zero-order valence-corrected chi connectivity index (χ0v) is 14.1. The van der Waals surface area contributed by atoms with E-state index >= 15 is 0 Å². The van der Waals surface area contributed by atoms with Crippen LogP contribution in [0.15, 0.2) is 47.6 Å². The minimum absolute atomic E-state index is 0.107. The summed E-state index contributed by atoms with van der Waals surface area (Å²) in [5.41, 5.74) is 2.83. The Balaban J connectivity index is 1.59. The van der Waals surface area contributed by atoms with Crippen LogP contribution >= 0.6 is 0 Å². The highest BCUT2D eigenvalue weighted by Crippen LogP contribution is 2.48. The molecule has 5 heteroatoms. The van der Waals surface area contributed by atoms with Gasteiger partial charge in [0.2, 0.25) is 0 Å². The third-order valence-electron chi connectivity index (χ3n) is 4.66. The van der Waals surface area contributed by atoms with Crippen molar-refractivity contribution in [2.75, 3.05) is 13.6 Å². The van der Waals surface area contributed by atoms with Crippen LogP contribution in [0.2, 0.25) is 0 Å². The van der Waals surface area contributed by atoms with E-state index < -0.39 is 0 Å². The molecule has 1 heterocycles. The molecule has 0 amide bonds. The lowest BCUT2D eigenvalue weighted by atomic mass is 9.95. The molecule has 3 rings (SSSR count). The minimum atomic E-state index is -0.121. The van der Waals surface area contributed by atoms with Gasteiger partial charge in [-0.25, -0.2) is 4.39 Å². The summed E-state index contributed by atoms with van der Waals surface area (Å²) in [4.78, 5) is 8.62. The first-order valence-corrected chi connectivity index (χ1v) is 8.25. The average molecular weight is 326 g/mol. The summed E-state index contributed by atoms with van der Waals surface area (Å²) in [5, 5.41) is 6.61. The van der Waals surface area contributed by atoms with Crippen LogP contribution < -0.4 is 10.6 Å². The number of benzene rings is 1. The second-order valence-electron chi connectivity index (χ2n) is 6.31. The zero-order chi connectivity index (χ0) is 17.0. The lowest BCUT2D eigenvalue weighted by molar-refractivity contribution is 0.559. The quantitative estimate of drug-likeness (QED) is 0.656. The van der Waals surface area contributed by atoms with Crippen LogP contribution in [-0.2, 0) is 12.0 Å². The number of nitrogens with one attached hydrogen (secondary N) is 2. The Morgan fingerprint density at radius 2 is 2.00 bits per heavy atom. The van der Waals surface area contributed by atoms with Crippen molar-refractivity contribution in [1.29, 1.82) is 0 Å². The van der Waals surface area contributed by atoms with Gasteiger partial charge in [-0.3, -0.25) is 9.98 Å². The van der Waals surface area contributed by atoms with Crippen molar-refractivity contribution < 1.29 is 4.39 Å². The molecule has 0 unspecified atom stereocenters. The Labute approximate surface area is 142 Å². The fraction of sp³-hybridized carbons (Fsp3) is 0.368. The Morgan fingerprint density at radius 3 is 2.67 bits per heavy atom. The molecular weight excluding hydrogens is 303 g/mol. The molecule has 1 aliphatic rings. The first-order chi connectivity index (χ1) is 11.6. The molecule has 4 nitrogen and oxygen atoms in total. The van der Waals surface area contributed by atoms with E-state index in [2.05, 4.69) is 20.6 Å². The van der Waals surface area contributed by atoms with Crippen molar-refractivity contribution in [2.24, 2.45) is 4.99 Å². The number of aliphatic imine (C=N–C) groups is 1. The van der Waals surface area contributed by atoms with Gasteiger partial charge in [-0.15, -0.1) is 0 Å². The van der Waals surface area contributed by atoms with Gasteiger partial charge < -0.3 is 10.6 Å². The molecule has 0 aliphatic heterocycles. The van der Waals surface area contributed by atoms with Gasteiger partial charge in [0.05, 0.1) is 12.2 Å². The SMILES string of the molecule is CN=C(NCc1ncccc1C)NCC1(c2ccccc2F)CC1. The van der Waals surface area contributed by atoms with Gasteiger partial charge in [0.15, 0.2) is 5.96 Å². The molecule has 0 bridgehead atoms. The number of nitrogens with zero attached hydrogens (tertiary/aromatic N) is 2. The van der Waals surface area contributed by atoms with Gasteiger partial charge in [-0.1, -0.05) is 24.3 Å². The fourth-order valence-electron chi connectivity index (χ4n) is 2.93. The van der Waals surface area contributed by atoms with E-state index in [0.717, 1.165) is 29.7 Å². The van der Waals surface area contributed by atoms with Crippen LogP contribution in [-0.4, -0.2) is 24.5 Å². The second kappa shape index (κ2) is 6.99. The van der Waals surface area contributed by atoms with Crippen molar-refractivity contribution >= 4 is 5.96 Å². The van der Waals surface area contributed by atoms with Gasteiger partial charge in [0.1, 0.15) is 5.82 Å². The smallest absolute Gasteiger partial charge is 0.191 e. The van der Waals surface area contributed by atoms with Crippen molar-refractivity contribution in [2.45, 2.75) is 31.7 Å². The summed E-state index contributed by atoms with van der Waals surface area (Å²) < 4.78 is 14.1. The summed E-state index contributed by atoms with van der Waals surface area (Å²) in [6.45, 7) is 3.32. The van der Waals surface area contributed by atoms with Crippen LogP contribution in [0, 0.1) is 12.7 Å². The Morgan fingerprint density at radius 1 is 1.21 bits per heavy atom. The lowest BCUT2D eigenvalue weighted by Gasteiger charge is -2.19. The van der Waals surface area contributed by atoms with Crippen LogP contribution in [0.1, 0.15) is 29.7 Å². The largest absolute Gasteiger partial charge is 0.356 e. The van der Waals surface area contributed by atoms with Crippen LogP contribution in [0.3, 0.4) is 0 Å². The standard InChI is InChI=1S/C19H23FN4/c1-14-6-5-11-22-17(14)12-23-18(21-2)24-13-19(9-10-19)15-7-3-4-8-16(15)20/h3-8,11H,9-10,12-13H2,1-2H3,(H2,21,23,24). The summed E-state index contributed by atoms with van der Waals surface area (Å²) >= 11 is 0. The number of hydrogen-bond donors (Lipinski definition) is 2. The number of guanidine groups is 1. The van der Waals surface area contributed by atoms with Gasteiger partial charge in [-0.2, -0.15) is 0 Å². The molecule has 0 radical (unpaired) electrons. The molecular formula is C19H23FN4. The van der Waals surface area contributed by atoms with Crippen molar-refractivity contribution in [3.63, 3.8) is 0 Å². The molecule has 2 aromatic rings. The minimum Gasteiger partial charge on any atom is -0.356 e. The second-order valence-corrected chi connectivity index (χ2v) is 6.31. The number of aryl methyl sites for hydroxylation is 1. The van der Waals surface area contributed by atoms with E-state index in [-0.39, 0.29) is 11.2 Å². The van der Waals surface area contributed by atoms with Gasteiger partial charge in [0.25, 0.3) is 0 Å². The summed E-state index contributed by atoms with van der Waals surface area (Å²) in [6.07, 6.45) is 3.78. The van der Waals surface area contributed by atoms with Gasteiger partial charge in [-0.05, 0) is 43.0 Å². The number of rotatable bonds is 5. The molecule has 1 fully saturated rings. The number of pyridine rings is 1. The highest BCUT2D eigenvalue weighted by Gasteiger charge is 2.45. The molecule has 1 aromatic heterocycles. The molecule has 0 atom stereocenters. The third kappa shape index (κ3) is 3.55. The number of hydrogen-bond acceptors (Lipinski definition) is 2. The van der Waals surface area contributed by atoms with Crippen LogP contribution in [0.25, 0.3) is 0 Å². The monoisotopic (exact) mass is 326 g/mol. The molecule has 1 aromatic carbocycles. The first kappa shape index (κ1) is 16.4. The topological polar surface area (TPSA) is 49.3 Å². The molecule has 0 spiro atoms. The Kier molecular flexibility index (Phi) is 4.79. The molecule has 1 aliphatic carbocycles. The number of aromatic nitrogens is 1. The van der Waals surface area contributed by atoms with Crippen LogP contribution in [0.5, 0.6) is 0 Å². The Bertz CT molecular complexity index is 738. The highest BCUT2D eigenvalue weighted by molar-refractivity contribution is 5.79. The maximum Gasteiger partial charge on any atom is 0.191 e. The predicted molar refractivity (Wildman–Crippen MR) is 94.5 cm³/mol. The molecule has 1 saturated carbocycles. The van der Waals surface area contributed by atoms with E-state index in [4.69, 9.17) is 0 Å². The fourth-order valence-corrected chi connectivity index (χ4v) is 2.93. The zero-order valence-electron chi connectivity index (χ0n) is 14.1. The third-order valence-corrected chi connectivity index (χ3v) is 4.66. The van der Waals surface area contributed by atoms with Crippen molar-refractivity contribution in [1.82, 2.24) is 15.6 Å². The molecule has 126 valence electrons. The van der Waals surface area contributed by atoms with Crippen LogP contribution in [0.4, 0.5) is 4.39 Å². The Hall–Kier alpha value is -2.43. The maximum absolute atomic E-state index is 14.1. The molecule has 24 heavy (non-hydrogen) atoms. The van der Waals surface area contributed by atoms with Crippen molar-refractivity contribution in [3.8, 4) is 0 Å². The van der Waals surface area contributed by atoms with E-state index in [9.17, 15) is 4.39 Å². The van der Waals surface area contributed by atoms with E-state index in [1.54, 1.807) is 19.3 Å². The van der Waals surface area contributed by atoms with Crippen molar-refractivity contribution in [3.05, 3.63) is 65.2 Å². The predicted octanol–water partition coefficient (Wildman–Crippen LogP) is 2.93. The molecule has 2 N–H and O–H groups in total. The maximum atomic E-state index is 14.1.